The van der Waals surface area contributed by atoms with E-state index >= 15 is 0 Å². The largest absolute Gasteiger partial charge is 0.496 e. The van der Waals surface area contributed by atoms with Crippen LogP contribution in [0.4, 0.5) is 0 Å². The Balaban J connectivity index is 2.09. The highest BCUT2D eigenvalue weighted by atomic mass is 32.1. The second-order valence-electron chi connectivity index (χ2n) is 4.69. The van der Waals surface area contributed by atoms with E-state index in [0.717, 1.165) is 49.7 Å². The van der Waals surface area contributed by atoms with E-state index < -0.39 is 0 Å². The van der Waals surface area contributed by atoms with E-state index in [4.69, 9.17) is 27.4 Å². The topological polar surface area (TPSA) is 72.1 Å². The molecule has 1 fully saturated rings. The monoisotopic (exact) mass is 308 g/mol. The fourth-order valence-electron chi connectivity index (χ4n) is 2.17. The lowest BCUT2D eigenvalue weighted by Crippen LogP contribution is -2.35. The van der Waals surface area contributed by atoms with E-state index in [1.165, 1.54) is 0 Å². The molecule has 1 saturated heterocycles. The van der Waals surface area contributed by atoms with Gasteiger partial charge in [0, 0.05) is 25.2 Å². The smallest absolute Gasteiger partial charge is 0.184 e. The van der Waals surface area contributed by atoms with Crippen molar-refractivity contribution in [3.63, 3.8) is 0 Å². The Kier molecular flexibility index (Phi) is 5.91. The van der Waals surface area contributed by atoms with Crippen molar-refractivity contribution in [3.05, 3.63) is 29.3 Å². The second kappa shape index (κ2) is 7.92. The maximum absolute atomic E-state index is 5.43. The minimum atomic E-state index is 0.147. The van der Waals surface area contributed by atoms with E-state index in [9.17, 15) is 0 Å². The van der Waals surface area contributed by atoms with Crippen molar-refractivity contribution in [2.45, 2.75) is 6.54 Å². The summed E-state index contributed by atoms with van der Waals surface area (Å²) in [5, 5.41) is 4.12. The van der Waals surface area contributed by atoms with Gasteiger partial charge >= 0.3 is 0 Å². The predicted octanol–water partition coefficient (Wildman–Crippen LogP) is 0.694. The summed E-state index contributed by atoms with van der Waals surface area (Å²) in [6.45, 7) is 4.26. The normalized spacial score (nSPS) is 16.0. The van der Waals surface area contributed by atoms with Gasteiger partial charge in [-0.1, -0.05) is 0 Å². The highest BCUT2D eigenvalue weighted by molar-refractivity contribution is 7.80. The van der Waals surface area contributed by atoms with Crippen LogP contribution >= 0.6 is 12.2 Å². The molecule has 0 unspecified atom stereocenters. The number of hydrazone groups is 1. The Morgan fingerprint density at radius 1 is 1.52 bits per heavy atom. The Labute approximate surface area is 129 Å². The number of ether oxygens (including phenoxy) is 2. The molecule has 1 aromatic carbocycles. The number of hydrogen-bond acceptors (Lipinski definition) is 5. The second-order valence-corrected chi connectivity index (χ2v) is 5.13. The molecule has 0 radical (unpaired) electrons. The molecule has 0 spiro atoms. The third-order valence-corrected chi connectivity index (χ3v) is 3.28. The average molecular weight is 308 g/mol. The molecule has 0 saturated carbocycles. The molecule has 7 heteroatoms. The predicted molar refractivity (Wildman–Crippen MR) is 86.6 cm³/mol. The minimum absolute atomic E-state index is 0.147. The molecule has 1 aliphatic heterocycles. The molecular weight excluding hydrogens is 288 g/mol. The van der Waals surface area contributed by atoms with E-state index in [0.29, 0.717) is 0 Å². The fourth-order valence-corrected chi connectivity index (χ4v) is 2.23. The summed E-state index contributed by atoms with van der Waals surface area (Å²) in [6.07, 6.45) is 1.68. The van der Waals surface area contributed by atoms with Gasteiger partial charge in [-0.2, -0.15) is 5.10 Å². The van der Waals surface area contributed by atoms with Gasteiger partial charge in [-0.15, -0.1) is 0 Å². The molecule has 1 heterocycles. The Bertz CT molecular complexity index is 516. The number of nitrogens with two attached hydrogens (primary N) is 1. The lowest BCUT2D eigenvalue weighted by molar-refractivity contribution is 0.0339. The van der Waals surface area contributed by atoms with E-state index in [1.54, 1.807) is 13.3 Å². The number of nitrogens with one attached hydrogen (secondary N) is 1. The van der Waals surface area contributed by atoms with Crippen molar-refractivity contribution >= 4 is 23.5 Å². The molecule has 0 aliphatic carbocycles. The van der Waals surface area contributed by atoms with E-state index in [1.807, 2.05) is 12.1 Å². The van der Waals surface area contributed by atoms with Crippen molar-refractivity contribution in [1.82, 2.24) is 10.3 Å². The SMILES string of the molecule is COc1ccc(C=NNC(N)=S)cc1CN1CCOCC1. The van der Waals surface area contributed by atoms with Crippen LogP contribution in [0.15, 0.2) is 23.3 Å². The first kappa shape index (κ1) is 15.7. The summed E-state index contributed by atoms with van der Waals surface area (Å²) < 4.78 is 10.8. The molecule has 0 amide bonds. The third-order valence-electron chi connectivity index (χ3n) is 3.19. The van der Waals surface area contributed by atoms with Crippen molar-refractivity contribution in [1.29, 1.82) is 0 Å². The number of nitrogens with zero attached hydrogens (tertiary/aromatic N) is 2. The highest BCUT2D eigenvalue weighted by Crippen LogP contribution is 2.21. The fraction of sp³-hybridized carbons (Fsp3) is 0.429. The molecule has 1 aromatic rings. The molecule has 0 aromatic heterocycles. The van der Waals surface area contributed by atoms with Gasteiger partial charge in [-0.3, -0.25) is 10.3 Å². The number of hydrogen-bond donors (Lipinski definition) is 2. The number of morpholine rings is 1. The molecule has 1 aliphatic rings. The lowest BCUT2D eigenvalue weighted by Gasteiger charge is -2.27. The molecule has 0 bridgehead atoms. The van der Waals surface area contributed by atoms with Crippen LogP contribution in [0.1, 0.15) is 11.1 Å². The maximum atomic E-state index is 5.43. The summed E-state index contributed by atoms with van der Waals surface area (Å²) in [7, 11) is 1.68. The summed E-state index contributed by atoms with van der Waals surface area (Å²) in [6, 6.07) is 5.93. The summed E-state index contributed by atoms with van der Waals surface area (Å²) in [5.41, 5.74) is 9.95. The number of rotatable bonds is 5. The highest BCUT2D eigenvalue weighted by Gasteiger charge is 2.13. The average Bonchev–Trinajstić information content (AvgIpc) is 2.48. The van der Waals surface area contributed by atoms with Gasteiger partial charge in [-0.05, 0) is 36.0 Å². The Hall–Kier alpha value is -1.70. The van der Waals surface area contributed by atoms with Crippen molar-refractivity contribution in [2.24, 2.45) is 10.8 Å². The molecule has 114 valence electrons. The van der Waals surface area contributed by atoms with E-state index in [-0.39, 0.29) is 5.11 Å². The number of benzene rings is 1. The zero-order valence-corrected chi connectivity index (χ0v) is 12.9. The van der Waals surface area contributed by atoms with Gasteiger partial charge < -0.3 is 15.2 Å². The van der Waals surface area contributed by atoms with Crippen LogP contribution in [0.25, 0.3) is 0 Å². The van der Waals surface area contributed by atoms with Gasteiger partial charge in [0.2, 0.25) is 0 Å². The first-order valence-corrected chi connectivity index (χ1v) is 7.15. The van der Waals surface area contributed by atoms with Crippen molar-refractivity contribution in [3.8, 4) is 5.75 Å². The van der Waals surface area contributed by atoms with Crippen LogP contribution in [-0.4, -0.2) is 49.6 Å². The minimum Gasteiger partial charge on any atom is -0.496 e. The van der Waals surface area contributed by atoms with Crippen LogP contribution in [0.3, 0.4) is 0 Å². The van der Waals surface area contributed by atoms with Gasteiger partial charge in [0.25, 0.3) is 0 Å². The van der Waals surface area contributed by atoms with Crippen molar-refractivity contribution in [2.75, 3.05) is 33.4 Å². The molecule has 2 rings (SSSR count). The first-order chi connectivity index (χ1) is 10.2. The van der Waals surface area contributed by atoms with E-state index in [2.05, 4.69) is 21.5 Å². The standard InChI is InChI=1S/C14H20N4O2S/c1-19-13-3-2-11(9-16-17-14(15)21)8-12(13)10-18-4-6-20-7-5-18/h2-3,8-9H,4-7,10H2,1H3,(H3,15,17,21). The van der Waals surface area contributed by atoms with Crippen molar-refractivity contribution < 1.29 is 9.47 Å². The van der Waals surface area contributed by atoms with Crippen LogP contribution in [0.5, 0.6) is 5.75 Å². The van der Waals surface area contributed by atoms with Crippen LogP contribution in [-0.2, 0) is 11.3 Å². The summed E-state index contributed by atoms with van der Waals surface area (Å²) in [4.78, 5) is 2.34. The zero-order chi connectivity index (χ0) is 15.1. The molecule has 0 atom stereocenters. The van der Waals surface area contributed by atoms with Gasteiger partial charge in [0.05, 0.1) is 26.5 Å². The third kappa shape index (κ3) is 4.96. The van der Waals surface area contributed by atoms with Crippen LogP contribution in [0, 0.1) is 0 Å². The first-order valence-electron chi connectivity index (χ1n) is 6.74. The quantitative estimate of drug-likeness (QED) is 0.474. The maximum Gasteiger partial charge on any atom is 0.184 e. The number of methoxy groups -OCH3 is 1. The van der Waals surface area contributed by atoms with Gasteiger partial charge in [0.15, 0.2) is 5.11 Å². The molecule has 3 N–H and O–H groups in total. The Morgan fingerprint density at radius 3 is 2.95 bits per heavy atom. The molecule has 6 nitrogen and oxygen atoms in total. The lowest BCUT2D eigenvalue weighted by atomic mass is 10.1. The van der Waals surface area contributed by atoms with Gasteiger partial charge in [-0.25, -0.2) is 0 Å². The molecular formula is C14H20N4O2S. The van der Waals surface area contributed by atoms with Gasteiger partial charge in [0.1, 0.15) is 5.75 Å². The summed E-state index contributed by atoms with van der Waals surface area (Å²) >= 11 is 4.70. The number of thiocarbonyl (C=S) groups is 1. The Morgan fingerprint density at radius 2 is 2.29 bits per heavy atom. The summed E-state index contributed by atoms with van der Waals surface area (Å²) in [5.74, 6) is 0.876. The van der Waals surface area contributed by atoms with Crippen LogP contribution < -0.4 is 15.9 Å². The molecule has 21 heavy (non-hydrogen) atoms. The zero-order valence-electron chi connectivity index (χ0n) is 12.0. The van der Waals surface area contributed by atoms with Crippen LogP contribution in [0.2, 0.25) is 0 Å².